The summed E-state index contributed by atoms with van der Waals surface area (Å²) in [6.45, 7) is 7.21. The lowest BCUT2D eigenvalue weighted by Crippen LogP contribution is -2.45. The average Bonchev–Trinajstić information content (AvgIpc) is 2.42. The molecular weight excluding hydrogens is 279 g/mol. The molecule has 1 fully saturated rings. The smallest absolute Gasteiger partial charge is 0.124 e. The SMILES string of the molecule is CC(C)Oc1ccccc1[C@H](CF)N1CCNCC1.Cl. The Labute approximate surface area is 126 Å². The van der Waals surface area contributed by atoms with E-state index in [1.165, 1.54) is 0 Å². The fraction of sp³-hybridized carbons (Fsp3) is 0.600. The van der Waals surface area contributed by atoms with Crippen molar-refractivity contribution in [2.24, 2.45) is 0 Å². The fourth-order valence-electron chi connectivity index (χ4n) is 2.49. The van der Waals surface area contributed by atoms with Crippen LogP contribution in [-0.4, -0.2) is 43.9 Å². The number of alkyl halides is 1. The normalized spacial score (nSPS) is 17.6. The molecule has 1 aromatic carbocycles. The highest BCUT2D eigenvalue weighted by Gasteiger charge is 2.24. The summed E-state index contributed by atoms with van der Waals surface area (Å²) in [6.07, 6.45) is 0.101. The summed E-state index contributed by atoms with van der Waals surface area (Å²) >= 11 is 0. The summed E-state index contributed by atoms with van der Waals surface area (Å²) in [7, 11) is 0. The molecule has 5 heteroatoms. The van der Waals surface area contributed by atoms with Crippen molar-refractivity contribution in [3.05, 3.63) is 29.8 Å². The molecule has 3 nitrogen and oxygen atoms in total. The lowest BCUT2D eigenvalue weighted by molar-refractivity contribution is 0.141. The number of hydrogen-bond donors (Lipinski definition) is 1. The standard InChI is InChI=1S/C15H23FN2O.ClH/c1-12(2)19-15-6-4-3-5-13(15)14(11-16)18-9-7-17-8-10-18;/h3-6,12,14,17H,7-11H2,1-2H3;1H/t14-;/m0./s1. The van der Waals surface area contributed by atoms with Crippen LogP contribution < -0.4 is 10.1 Å². The van der Waals surface area contributed by atoms with Gasteiger partial charge in [-0.05, 0) is 19.9 Å². The summed E-state index contributed by atoms with van der Waals surface area (Å²) in [5.41, 5.74) is 0.959. The molecule has 114 valence electrons. The Balaban J connectivity index is 0.00000200. The molecule has 1 aromatic rings. The average molecular weight is 303 g/mol. The first-order valence-corrected chi connectivity index (χ1v) is 6.98. The quantitative estimate of drug-likeness (QED) is 0.905. The van der Waals surface area contributed by atoms with E-state index in [0.29, 0.717) is 0 Å². The fourth-order valence-corrected chi connectivity index (χ4v) is 2.49. The highest BCUT2D eigenvalue weighted by atomic mass is 35.5. The van der Waals surface area contributed by atoms with E-state index < -0.39 is 0 Å². The van der Waals surface area contributed by atoms with Gasteiger partial charge in [-0.2, -0.15) is 0 Å². The van der Waals surface area contributed by atoms with Gasteiger partial charge in [-0.3, -0.25) is 4.90 Å². The van der Waals surface area contributed by atoms with Gasteiger partial charge in [0.05, 0.1) is 12.1 Å². The molecule has 1 saturated heterocycles. The Morgan fingerprint density at radius 1 is 1.25 bits per heavy atom. The maximum atomic E-state index is 13.5. The zero-order chi connectivity index (χ0) is 13.7. The van der Waals surface area contributed by atoms with Crippen molar-refractivity contribution in [3.63, 3.8) is 0 Å². The predicted molar refractivity (Wildman–Crippen MR) is 82.6 cm³/mol. The molecular formula is C15H24ClFN2O. The van der Waals surface area contributed by atoms with Gasteiger partial charge in [0.25, 0.3) is 0 Å². The maximum Gasteiger partial charge on any atom is 0.124 e. The highest BCUT2D eigenvalue weighted by Crippen LogP contribution is 2.30. The van der Waals surface area contributed by atoms with Crippen LogP contribution in [0.4, 0.5) is 4.39 Å². The molecule has 0 saturated carbocycles. The molecule has 20 heavy (non-hydrogen) atoms. The minimum absolute atomic E-state index is 0. The van der Waals surface area contributed by atoms with Crippen molar-refractivity contribution < 1.29 is 9.13 Å². The summed E-state index contributed by atoms with van der Waals surface area (Å²) in [5.74, 6) is 0.804. The lowest BCUT2D eigenvalue weighted by Gasteiger charge is -2.34. The second-order valence-electron chi connectivity index (χ2n) is 5.16. The van der Waals surface area contributed by atoms with E-state index in [-0.39, 0.29) is 31.2 Å². The summed E-state index contributed by atoms with van der Waals surface area (Å²) in [6, 6.07) is 7.60. The summed E-state index contributed by atoms with van der Waals surface area (Å²) < 4.78 is 19.3. The van der Waals surface area contributed by atoms with E-state index in [1.807, 2.05) is 38.1 Å². The Kier molecular flexibility index (Phi) is 7.27. The van der Waals surface area contributed by atoms with Crippen LogP contribution in [0.5, 0.6) is 5.75 Å². The van der Waals surface area contributed by atoms with Crippen LogP contribution in [0.25, 0.3) is 0 Å². The molecule has 0 bridgehead atoms. The largest absolute Gasteiger partial charge is 0.491 e. The van der Waals surface area contributed by atoms with E-state index in [4.69, 9.17) is 4.74 Å². The van der Waals surface area contributed by atoms with Crippen molar-refractivity contribution in [3.8, 4) is 5.75 Å². The Morgan fingerprint density at radius 3 is 2.50 bits per heavy atom. The van der Waals surface area contributed by atoms with E-state index in [0.717, 1.165) is 37.5 Å². The molecule has 0 spiro atoms. The molecule has 1 aliphatic rings. The van der Waals surface area contributed by atoms with Crippen LogP contribution in [0.3, 0.4) is 0 Å². The predicted octanol–water partition coefficient (Wildman–Crippen LogP) is 2.81. The number of para-hydroxylation sites is 1. The molecule has 0 radical (unpaired) electrons. The van der Waals surface area contributed by atoms with Crippen LogP contribution in [-0.2, 0) is 0 Å². The molecule has 0 amide bonds. The summed E-state index contributed by atoms with van der Waals surface area (Å²) in [5, 5.41) is 3.30. The first kappa shape index (κ1) is 17.2. The van der Waals surface area contributed by atoms with Gasteiger partial charge in [0, 0.05) is 31.7 Å². The van der Waals surface area contributed by atoms with Gasteiger partial charge in [0.1, 0.15) is 12.4 Å². The van der Waals surface area contributed by atoms with Crippen LogP contribution in [0.1, 0.15) is 25.5 Å². The van der Waals surface area contributed by atoms with Crippen molar-refractivity contribution >= 4 is 12.4 Å². The molecule has 2 rings (SSSR count). The highest BCUT2D eigenvalue weighted by molar-refractivity contribution is 5.85. The van der Waals surface area contributed by atoms with Crippen LogP contribution in [0.2, 0.25) is 0 Å². The van der Waals surface area contributed by atoms with Crippen LogP contribution >= 0.6 is 12.4 Å². The third kappa shape index (κ3) is 4.33. The molecule has 1 aliphatic heterocycles. The first-order valence-electron chi connectivity index (χ1n) is 6.98. The first-order chi connectivity index (χ1) is 9.22. The maximum absolute atomic E-state index is 13.5. The molecule has 1 heterocycles. The second kappa shape index (κ2) is 8.45. The number of halogens is 2. The number of hydrogen-bond acceptors (Lipinski definition) is 3. The van der Waals surface area contributed by atoms with E-state index in [1.54, 1.807) is 0 Å². The van der Waals surface area contributed by atoms with Crippen LogP contribution in [0, 0.1) is 0 Å². The Hall–Kier alpha value is -0.840. The monoisotopic (exact) mass is 302 g/mol. The molecule has 1 atom stereocenters. The molecule has 0 aliphatic carbocycles. The van der Waals surface area contributed by atoms with Gasteiger partial charge in [0.2, 0.25) is 0 Å². The topological polar surface area (TPSA) is 24.5 Å². The molecule has 0 unspecified atom stereocenters. The minimum Gasteiger partial charge on any atom is -0.491 e. The third-order valence-corrected chi connectivity index (χ3v) is 3.38. The second-order valence-corrected chi connectivity index (χ2v) is 5.16. The number of rotatable bonds is 5. The molecule has 0 aromatic heterocycles. The Bertz CT molecular complexity index is 397. The van der Waals surface area contributed by atoms with Crippen molar-refractivity contribution in [1.29, 1.82) is 0 Å². The third-order valence-electron chi connectivity index (χ3n) is 3.38. The van der Waals surface area contributed by atoms with Gasteiger partial charge in [-0.25, -0.2) is 4.39 Å². The van der Waals surface area contributed by atoms with E-state index in [2.05, 4.69) is 10.2 Å². The lowest BCUT2D eigenvalue weighted by atomic mass is 10.0. The Morgan fingerprint density at radius 2 is 1.90 bits per heavy atom. The van der Waals surface area contributed by atoms with Gasteiger partial charge < -0.3 is 10.1 Å². The van der Waals surface area contributed by atoms with Crippen molar-refractivity contribution in [2.45, 2.75) is 26.0 Å². The van der Waals surface area contributed by atoms with Gasteiger partial charge >= 0.3 is 0 Å². The van der Waals surface area contributed by atoms with Crippen molar-refractivity contribution in [1.82, 2.24) is 10.2 Å². The number of benzene rings is 1. The molecule has 1 N–H and O–H groups in total. The zero-order valence-electron chi connectivity index (χ0n) is 12.1. The van der Waals surface area contributed by atoms with Gasteiger partial charge in [-0.15, -0.1) is 12.4 Å². The minimum atomic E-state index is -0.377. The summed E-state index contributed by atoms with van der Waals surface area (Å²) in [4.78, 5) is 2.19. The van der Waals surface area contributed by atoms with Crippen molar-refractivity contribution in [2.75, 3.05) is 32.9 Å². The zero-order valence-corrected chi connectivity index (χ0v) is 13.0. The van der Waals surface area contributed by atoms with Gasteiger partial charge in [0.15, 0.2) is 0 Å². The number of nitrogens with zero attached hydrogens (tertiary/aromatic N) is 1. The van der Waals surface area contributed by atoms with Crippen LogP contribution in [0.15, 0.2) is 24.3 Å². The number of piperazine rings is 1. The van der Waals surface area contributed by atoms with E-state index >= 15 is 0 Å². The number of nitrogens with one attached hydrogen (secondary N) is 1. The number of ether oxygens (including phenoxy) is 1. The van der Waals surface area contributed by atoms with Gasteiger partial charge in [-0.1, -0.05) is 18.2 Å². The van der Waals surface area contributed by atoms with E-state index in [9.17, 15) is 4.39 Å².